The summed E-state index contributed by atoms with van der Waals surface area (Å²) < 4.78 is 1.06. The van der Waals surface area contributed by atoms with Gasteiger partial charge in [-0.25, -0.2) is 0 Å². The molecule has 1 aliphatic heterocycles. The van der Waals surface area contributed by atoms with Crippen molar-refractivity contribution in [3.63, 3.8) is 0 Å². The fourth-order valence-electron chi connectivity index (χ4n) is 3.26. The molecule has 0 aromatic carbocycles. The first kappa shape index (κ1) is 13.6. The molecule has 1 saturated heterocycles. The van der Waals surface area contributed by atoms with Crippen molar-refractivity contribution in [2.24, 2.45) is 0 Å². The first-order valence-electron chi connectivity index (χ1n) is 5.79. The van der Waals surface area contributed by atoms with Crippen LogP contribution in [0.4, 0.5) is 0 Å². The van der Waals surface area contributed by atoms with Gasteiger partial charge in [-0.2, -0.15) is 0 Å². The second-order valence-corrected chi connectivity index (χ2v) is 4.73. The van der Waals surface area contributed by atoms with Crippen molar-refractivity contribution >= 4 is 5.91 Å². The van der Waals surface area contributed by atoms with Crippen molar-refractivity contribution in [2.45, 2.75) is 38.1 Å². The number of rotatable bonds is 3. The van der Waals surface area contributed by atoms with E-state index in [2.05, 4.69) is 12.2 Å². The van der Waals surface area contributed by atoms with E-state index < -0.39 is 0 Å². The Hall–Kier alpha value is 0.534. The molecule has 0 aromatic rings. The van der Waals surface area contributed by atoms with Gasteiger partial charge in [0.25, 0.3) is 5.91 Å². The molecule has 1 radical (unpaired) electrons. The van der Waals surface area contributed by atoms with E-state index in [0.29, 0.717) is 0 Å². The van der Waals surface area contributed by atoms with Crippen molar-refractivity contribution in [3.8, 4) is 0 Å². The Morgan fingerprint density at radius 3 is 2.20 bits per heavy atom. The third-order valence-electron chi connectivity index (χ3n) is 4.31. The number of carbonyl (C=O) groups is 1. The summed E-state index contributed by atoms with van der Waals surface area (Å²) in [5, 5.41) is 2.85. The molecule has 1 amide bonds. The van der Waals surface area contributed by atoms with Crippen LogP contribution in [0.3, 0.4) is 0 Å². The molecule has 1 aliphatic carbocycles. The van der Waals surface area contributed by atoms with Gasteiger partial charge in [0.05, 0.1) is 19.6 Å². The first-order chi connectivity index (χ1) is 6.71. The molecule has 1 heterocycles. The van der Waals surface area contributed by atoms with Crippen molar-refractivity contribution < 1.29 is 42.0 Å². The number of nitrogens with zero attached hydrogens (tertiary/aromatic N) is 1. The molecule has 1 saturated carbocycles. The average Bonchev–Trinajstić information content (AvgIpc) is 2.90. The Bertz CT molecular complexity index is 245. The number of likely N-dealkylation sites (N-methyl/N-ethyl adjacent to an activating group) is 2. The smallest absolute Gasteiger partial charge is 0.281 e. The predicted octanol–water partition coefficient (Wildman–Crippen LogP) is 0.893. The number of likely N-dealkylation sites (tertiary alicyclic amines) is 1. The average molecular weight is 286 g/mol. The van der Waals surface area contributed by atoms with Crippen LogP contribution < -0.4 is 5.32 Å². The van der Waals surface area contributed by atoms with E-state index in [0.717, 1.165) is 23.9 Å². The van der Waals surface area contributed by atoms with E-state index in [1.807, 2.05) is 0 Å². The van der Waals surface area contributed by atoms with Gasteiger partial charge in [-0.1, -0.05) is 0 Å². The Kier molecular flexibility index (Phi) is 4.36. The monoisotopic (exact) mass is 286 g/mol. The molecule has 4 heteroatoms. The van der Waals surface area contributed by atoms with Crippen molar-refractivity contribution in [1.82, 2.24) is 5.32 Å². The molecule has 1 N–H and O–H groups in total. The minimum atomic E-state index is -0.0278. The van der Waals surface area contributed by atoms with Crippen molar-refractivity contribution in [2.75, 3.05) is 26.7 Å². The van der Waals surface area contributed by atoms with Crippen LogP contribution in [-0.2, 0) is 37.5 Å². The molecule has 0 spiro atoms. The fraction of sp³-hybridized carbons (Fsp3) is 0.909. The largest absolute Gasteiger partial charge is 0.354 e. The SMILES string of the molecule is CC[N+]1(C2(C(=O)NC)CC2)CCCC1.[Y]. The summed E-state index contributed by atoms with van der Waals surface area (Å²) in [5.41, 5.74) is -0.0278. The van der Waals surface area contributed by atoms with Crippen LogP contribution in [0.2, 0.25) is 0 Å². The number of nitrogens with one attached hydrogen (secondary N) is 1. The third-order valence-corrected chi connectivity index (χ3v) is 4.31. The van der Waals surface area contributed by atoms with Gasteiger partial charge >= 0.3 is 0 Å². The molecule has 0 unspecified atom stereocenters. The standard InChI is InChI=1S/C11H20N2O.Y/c1-3-13(8-4-5-9-13)11(6-7-11)10(14)12-2;/h3-9H2,1-2H3;/p+1. The summed E-state index contributed by atoms with van der Waals surface area (Å²) in [6.45, 7) is 5.77. The van der Waals surface area contributed by atoms with Crippen LogP contribution in [0.25, 0.3) is 0 Å². The van der Waals surface area contributed by atoms with Gasteiger partial charge in [0, 0.05) is 65.4 Å². The molecular weight excluding hydrogens is 265 g/mol. The minimum Gasteiger partial charge on any atom is -0.354 e. The summed E-state index contributed by atoms with van der Waals surface area (Å²) in [6.07, 6.45) is 4.79. The summed E-state index contributed by atoms with van der Waals surface area (Å²) >= 11 is 0. The van der Waals surface area contributed by atoms with E-state index in [9.17, 15) is 4.79 Å². The van der Waals surface area contributed by atoms with Crippen LogP contribution in [-0.4, -0.2) is 42.6 Å². The Morgan fingerprint density at radius 2 is 1.87 bits per heavy atom. The molecular formula is C11H21N2OY+. The maximum atomic E-state index is 11.9. The molecule has 0 atom stereocenters. The number of carbonyl (C=O) groups excluding carboxylic acids is 1. The van der Waals surface area contributed by atoms with Crippen LogP contribution >= 0.6 is 0 Å². The maximum Gasteiger partial charge on any atom is 0.281 e. The number of quaternary nitrogens is 1. The number of hydrogen-bond donors (Lipinski definition) is 1. The molecule has 0 aromatic heterocycles. The van der Waals surface area contributed by atoms with Gasteiger partial charge in [-0.15, -0.1) is 0 Å². The van der Waals surface area contributed by atoms with Gasteiger partial charge in [0.1, 0.15) is 0 Å². The fourth-order valence-corrected chi connectivity index (χ4v) is 3.26. The number of amides is 1. The normalized spacial score (nSPS) is 25.5. The summed E-state index contributed by atoms with van der Waals surface area (Å²) in [7, 11) is 1.77. The summed E-state index contributed by atoms with van der Waals surface area (Å²) in [5.74, 6) is 0.279. The number of hydrogen-bond acceptors (Lipinski definition) is 1. The third kappa shape index (κ3) is 1.91. The topological polar surface area (TPSA) is 29.1 Å². The van der Waals surface area contributed by atoms with Crippen LogP contribution in [0.15, 0.2) is 0 Å². The van der Waals surface area contributed by atoms with E-state index in [1.165, 1.54) is 25.9 Å². The Labute approximate surface area is 117 Å². The zero-order valence-electron chi connectivity index (χ0n) is 9.88. The van der Waals surface area contributed by atoms with E-state index >= 15 is 0 Å². The summed E-state index contributed by atoms with van der Waals surface area (Å²) in [6, 6.07) is 0. The van der Waals surface area contributed by atoms with Gasteiger partial charge in [0.2, 0.25) is 0 Å². The van der Waals surface area contributed by atoms with Gasteiger partial charge in [-0.05, 0) is 6.92 Å². The Balaban J connectivity index is 0.00000112. The summed E-state index contributed by atoms with van der Waals surface area (Å²) in [4.78, 5) is 11.9. The van der Waals surface area contributed by atoms with Crippen molar-refractivity contribution in [3.05, 3.63) is 0 Å². The molecule has 83 valence electrons. The maximum absolute atomic E-state index is 11.9. The van der Waals surface area contributed by atoms with Gasteiger partial charge in [-0.3, -0.25) is 4.79 Å². The second-order valence-electron chi connectivity index (χ2n) is 4.73. The molecule has 2 aliphatic rings. The molecule has 2 rings (SSSR count). The van der Waals surface area contributed by atoms with Crippen LogP contribution in [0.1, 0.15) is 32.6 Å². The molecule has 3 nitrogen and oxygen atoms in total. The minimum absolute atomic E-state index is 0. The van der Waals surface area contributed by atoms with E-state index in [4.69, 9.17) is 0 Å². The molecule has 2 fully saturated rings. The molecule has 0 bridgehead atoms. The van der Waals surface area contributed by atoms with Crippen LogP contribution in [0.5, 0.6) is 0 Å². The second kappa shape index (κ2) is 4.81. The first-order valence-corrected chi connectivity index (χ1v) is 5.79. The quantitative estimate of drug-likeness (QED) is 0.767. The van der Waals surface area contributed by atoms with Crippen molar-refractivity contribution in [1.29, 1.82) is 0 Å². The zero-order chi connectivity index (χ0) is 10.2. The Morgan fingerprint density at radius 1 is 1.33 bits per heavy atom. The van der Waals surface area contributed by atoms with Gasteiger partial charge < -0.3 is 9.80 Å². The zero-order valence-corrected chi connectivity index (χ0v) is 12.7. The predicted molar refractivity (Wildman–Crippen MR) is 55.8 cm³/mol. The molecule has 15 heavy (non-hydrogen) atoms. The van der Waals surface area contributed by atoms with Gasteiger partial charge in [0.15, 0.2) is 5.54 Å². The van der Waals surface area contributed by atoms with E-state index in [1.54, 1.807) is 7.05 Å². The van der Waals surface area contributed by atoms with E-state index in [-0.39, 0.29) is 44.2 Å². The van der Waals surface area contributed by atoms with Crippen LogP contribution in [0, 0.1) is 0 Å².